The molecule has 0 aliphatic carbocycles. The molecule has 2 atom stereocenters. The number of carbonyl (C=O) groups excluding carboxylic acids is 3. The SMILES string of the molecule is COc1cc2ccc1O[C@@H]1CN[C@@H](C1)C(=O)NCCCCN(C(=O)c1ccc(Cl)cn1)CCCNC(=O)CC2. The Kier molecular flexibility index (Phi) is 10.4. The Hall–Kier alpha value is -3.37. The number of amides is 3. The van der Waals surface area contributed by atoms with Gasteiger partial charge in [0.05, 0.1) is 18.2 Å². The lowest BCUT2D eigenvalue weighted by molar-refractivity contribution is -0.123. The number of hydrogen-bond acceptors (Lipinski definition) is 7. The highest BCUT2D eigenvalue weighted by Gasteiger charge is 2.31. The van der Waals surface area contributed by atoms with E-state index in [0.29, 0.717) is 87.0 Å². The summed E-state index contributed by atoms with van der Waals surface area (Å²) >= 11 is 5.93. The summed E-state index contributed by atoms with van der Waals surface area (Å²) in [7, 11) is 1.59. The molecule has 0 spiro atoms. The molecule has 1 aromatic carbocycles. The van der Waals surface area contributed by atoms with E-state index >= 15 is 0 Å². The van der Waals surface area contributed by atoms with Crippen molar-refractivity contribution in [3.8, 4) is 11.5 Å². The summed E-state index contributed by atoms with van der Waals surface area (Å²) in [4.78, 5) is 44.2. The third kappa shape index (κ3) is 8.31. The van der Waals surface area contributed by atoms with Gasteiger partial charge in [0.2, 0.25) is 11.8 Å². The molecule has 210 valence electrons. The third-order valence-electron chi connectivity index (χ3n) is 6.88. The first kappa shape index (κ1) is 28.6. The van der Waals surface area contributed by atoms with Crippen molar-refractivity contribution >= 4 is 29.3 Å². The summed E-state index contributed by atoms with van der Waals surface area (Å²) in [6.07, 6.45) is 4.78. The van der Waals surface area contributed by atoms with Gasteiger partial charge in [-0.1, -0.05) is 17.7 Å². The largest absolute Gasteiger partial charge is 0.493 e. The van der Waals surface area contributed by atoms with Crippen LogP contribution in [0.1, 0.15) is 48.2 Å². The topological polar surface area (TPSA) is 122 Å². The van der Waals surface area contributed by atoms with Crippen LogP contribution in [0, 0.1) is 0 Å². The van der Waals surface area contributed by atoms with Gasteiger partial charge in [-0.3, -0.25) is 14.4 Å². The molecule has 11 heteroatoms. The van der Waals surface area contributed by atoms with Gasteiger partial charge in [0, 0.05) is 51.8 Å². The van der Waals surface area contributed by atoms with Gasteiger partial charge in [-0.05, 0) is 55.5 Å². The van der Waals surface area contributed by atoms with E-state index in [-0.39, 0.29) is 29.9 Å². The normalized spacial score (nSPS) is 21.6. The molecular weight excluding hydrogens is 522 g/mol. The molecule has 2 aromatic rings. The highest BCUT2D eigenvalue weighted by Crippen LogP contribution is 2.30. The molecule has 1 aromatic heterocycles. The average molecular weight is 558 g/mol. The Morgan fingerprint density at radius 2 is 1.90 bits per heavy atom. The summed E-state index contributed by atoms with van der Waals surface area (Å²) in [5.41, 5.74) is 1.29. The highest BCUT2D eigenvalue weighted by atomic mass is 35.5. The Balaban J connectivity index is 1.42. The average Bonchev–Trinajstić information content (AvgIpc) is 3.41. The third-order valence-corrected chi connectivity index (χ3v) is 7.11. The first-order chi connectivity index (χ1) is 18.9. The maximum Gasteiger partial charge on any atom is 0.272 e. The fourth-order valence-corrected chi connectivity index (χ4v) is 4.83. The number of halogens is 1. The zero-order chi connectivity index (χ0) is 27.6. The maximum absolute atomic E-state index is 13.1. The second kappa shape index (κ2) is 14.1. The molecule has 10 nitrogen and oxygen atoms in total. The number of methoxy groups -OCH3 is 1. The number of ether oxygens (including phenoxy) is 2. The molecule has 4 heterocycles. The minimum Gasteiger partial charge on any atom is -0.493 e. The van der Waals surface area contributed by atoms with Crippen LogP contribution in [0.3, 0.4) is 0 Å². The summed E-state index contributed by atoms with van der Waals surface area (Å²) in [5.74, 6) is 0.929. The van der Waals surface area contributed by atoms with Gasteiger partial charge in [-0.15, -0.1) is 0 Å². The molecule has 0 radical (unpaired) electrons. The fourth-order valence-electron chi connectivity index (χ4n) is 4.72. The van der Waals surface area contributed by atoms with E-state index in [1.54, 1.807) is 24.1 Å². The Labute approximate surface area is 233 Å². The second-order valence-corrected chi connectivity index (χ2v) is 10.2. The van der Waals surface area contributed by atoms with Crippen LogP contribution in [-0.2, 0) is 16.0 Å². The molecule has 3 aliphatic rings. The van der Waals surface area contributed by atoms with Crippen LogP contribution >= 0.6 is 11.6 Å². The zero-order valence-electron chi connectivity index (χ0n) is 22.2. The summed E-state index contributed by atoms with van der Waals surface area (Å²) in [5, 5.41) is 9.64. The summed E-state index contributed by atoms with van der Waals surface area (Å²) < 4.78 is 11.7. The van der Waals surface area contributed by atoms with E-state index in [1.165, 1.54) is 6.20 Å². The number of aromatic nitrogens is 1. The minimum atomic E-state index is -0.328. The van der Waals surface area contributed by atoms with Crippen molar-refractivity contribution in [3.63, 3.8) is 0 Å². The van der Waals surface area contributed by atoms with Gasteiger partial charge >= 0.3 is 0 Å². The van der Waals surface area contributed by atoms with E-state index in [1.807, 2.05) is 18.2 Å². The van der Waals surface area contributed by atoms with Crippen LogP contribution in [0.2, 0.25) is 5.02 Å². The highest BCUT2D eigenvalue weighted by molar-refractivity contribution is 6.30. The van der Waals surface area contributed by atoms with Gasteiger partial charge in [0.1, 0.15) is 11.8 Å². The van der Waals surface area contributed by atoms with Crippen molar-refractivity contribution in [1.29, 1.82) is 0 Å². The molecule has 3 amide bonds. The van der Waals surface area contributed by atoms with Crippen molar-refractivity contribution in [1.82, 2.24) is 25.8 Å². The van der Waals surface area contributed by atoms with Gasteiger partial charge in [-0.25, -0.2) is 4.98 Å². The van der Waals surface area contributed by atoms with Crippen molar-refractivity contribution < 1.29 is 23.9 Å². The molecule has 4 bridgehead atoms. The van der Waals surface area contributed by atoms with Crippen LogP contribution < -0.4 is 25.4 Å². The van der Waals surface area contributed by atoms with Gasteiger partial charge in [0.25, 0.3) is 5.91 Å². The molecule has 0 saturated carbocycles. The maximum atomic E-state index is 13.1. The summed E-state index contributed by atoms with van der Waals surface area (Å²) in [6, 6.07) is 8.59. The molecule has 1 fully saturated rings. The molecule has 1 saturated heterocycles. The molecule has 0 unspecified atom stereocenters. The minimum absolute atomic E-state index is 0.0486. The van der Waals surface area contributed by atoms with Crippen molar-refractivity contribution in [2.45, 2.75) is 50.7 Å². The number of aryl methyl sites for hydroxylation is 1. The lowest BCUT2D eigenvalue weighted by Gasteiger charge is -2.23. The summed E-state index contributed by atoms with van der Waals surface area (Å²) in [6.45, 7) is 2.51. The predicted molar refractivity (Wildman–Crippen MR) is 147 cm³/mol. The number of hydrogen-bond donors (Lipinski definition) is 3. The van der Waals surface area contributed by atoms with E-state index in [4.69, 9.17) is 21.1 Å². The van der Waals surface area contributed by atoms with Crippen LogP contribution in [-0.4, -0.2) is 79.6 Å². The fraction of sp³-hybridized carbons (Fsp3) is 0.500. The van der Waals surface area contributed by atoms with Gasteiger partial charge in [-0.2, -0.15) is 0 Å². The quantitative estimate of drug-likeness (QED) is 0.518. The lowest BCUT2D eigenvalue weighted by Crippen LogP contribution is -2.41. The number of rotatable bonds is 2. The van der Waals surface area contributed by atoms with Crippen molar-refractivity contribution in [3.05, 3.63) is 52.8 Å². The van der Waals surface area contributed by atoms with Crippen LogP contribution in [0.15, 0.2) is 36.5 Å². The Bertz CT molecular complexity index is 1150. The second-order valence-electron chi connectivity index (χ2n) is 9.78. The van der Waals surface area contributed by atoms with Gasteiger partial charge < -0.3 is 30.3 Å². The Morgan fingerprint density at radius 3 is 2.69 bits per heavy atom. The smallest absolute Gasteiger partial charge is 0.272 e. The number of nitrogens with one attached hydrogen (secondary N) is 3. The zero-order valence-corrected chi connectivity index (χ0v) is 23.0. The molecule has 5 rings (SSSR count). The standard InChI is InChI=1S/C28H36ClN5O5/c1-38-25-15-19-5-9-24(25)39-21-16-23(33-18-21)27(36)31-11-2-3-13-34(14-4-12-30-26(35)10-6-19)28(37)22-8-7-20(29)17-32-22/h5,7-9,15,17,21,23,33H,2-4,6,10-14,16,18H2,1H3,(H,30,35)(H,31,36)/t21-,23-/m0/s1. The van der Waals surface area contributed by atoms with Crippen LogP contribution in [0.5, 0.6) is 11.5 Å². The predicted octanol–water partition coefficient (Wildman–Crippen LogP) is 2.34. The number of pyridine rings is 1. The van der Waals surface area contributed by atoms with E-state index in [0.717, 1.165) is 12.0 Å². The number of fused-ring (bicyclic) bond motifs is 15. The first-order valence-corrected chi connectivity index (χ1v) is 13.8. The lowest BCUT2D eigenvalue weighted by atomic mass is 10.1. The van der Waals surface area contributed by atoms with E-state index in [9.17, 15) is 14.4 Å². The molecule has 3 aliphatic heterocycles. The van der Waals surface area contributed by atoms with Crippen molar-refractivity contribution in [2.75, 3.05) is 39.8 Å². The van der Waals surface area contributed by atoms with E-state index < -0.39 is 0 Å². The molecular formula is C28H36ClN5O5. The number of carbonyl (C=O) groups is 3. The number of benzene rings is 1. The monoisotopic (exact) mass is 557 g/mol. The van der Waals surface area contributed by atoms with Crippen LogP contribution in [0.4, 0.5) is 0 Å². The van der Waals surface area contributed by atoms with E-state index in [2.05, 4.69) is 20.9 Å². The molecule has 3 N–H and O–H groups in total. The number of nitrogens with zero attached hydrogens (tertiary/aromatic N) is 2. The van der Waals surface area contributed by atoms with Crippen molar-refractivity contribution in [2.24, 2.45) is 0 Å². The van der Waals surface area contributed by atoms with Gasteiger partial charge in [0.15, 0.2) is 11.5 Å². The first-order valence-electron chi connectivity index (χ1n) is 13.4. The Morgan fingerprint density at radius 1 is 1.08 bits per heavy atom. The molecule has 39 heavy (non-hydrogen) atoms. The van der Waals surface area contributed by atoms with Crippen LogP contribution in [0.25, 0.3) is 0 Å².